The van der Waals surface area contributed by atoms with Gasteiger partial charge < -0.3 is 12.4 Å². The van der Waals surface area contributed by atoms with Crippen LogP contribution in [-0.2, 0) is 6.16 Å². The Balaban J connectivity index is 0.00000259. The quantitative estimate of drug-likeness (QED) is 0.333. The summed E-state index contributed by atoms with van der Waals surface area (Å²) in [5.41, 5.74) is 2.02. The van der Waals surface area contributed by atoms with Gasteiger partial charge in [0.25, 0.3) is 0 Å². The molecule has 5 aromatic rings. The van der Waals surface area contributed by atoms with Crippen molar-refractivity contribution in [2.75, 3.05) is 0 Å². The summed E-state index contributed by atoms with van der Waals surface area (Å²) in [4.78, 5) is 5.00. The lowest BCUT2D eigenvalue weighted by molar-refractivity contribution is -0.00000681. The van der Waals surface area contributed by atoms with E-state index in [0.717, 1.165) is 22.4 Å². The van der Waals surface area contributed by atoms with Crippen molar-refractivity contribution in [1.29, 1.82) is 0 Å². The molecule has 4 aromatic carbocycles. The fraction of sp³-hybridized carbons (Fsp3) is 0.0357. The first-order chi connectivity index (χ1) is 15.8. The van der Waals surface area contributed by atoms with E-state index in [-0.39, 0.29) is 18.2 Å². The van der Waals surface area contributed by atoms with Gasteiger partial charge in [-0.15, -0.1) is 11.3 Å². The van der Waals surface area contributed by atoms with Crippen molar-refractivity contribution >= 4 is 34.5 Å². The molecule has 0 saturated heterocycles. The number of halogens is 2. The number of benzene rings is 4. The minimum absolute atomic E-state index is 0. The Labute approximate surface area is 204 Å². The predicted molar refractivity (Wildman–Crippen MR) is 136 cm³/mol. The highest BCUT2D eigenvalue weighted by Crippen LogP contribution is 2.58. The summed E-state index contributed by atoms with van der Waals surface area (Å²) in [6, 6.07) is 39.1. The monoisotopic (exact) mass is 489 g/mol. The fourth-order valence-corrected chi connectivity index (χ4v) is 9.20. The van der Waals surface area contributed by atoms with Crippen molar-refractivity contribution in [3.63, 3.8) is 0 Å². The molecule has 0 aliphatic heterocycles. The molecule has 0 unspecified atom stereocenters. The molecular formula is C28H22ClFNPS. The van der Waals surface area contributed by atoms with E-state index in [9.17, 15) is 4.39 Å². The van der Waals surface area contributed by atoms with Crippen molar-refractivity contribution < 1.29 is 16.8 Å². The Morgan fingerprint density at radius 2 is 1.09 bits per heavy atom. The molecule has 0 spiro atoms. The molecule has 0 radical (unpaired) electrons. The SMILES string of the molecule is Fc1ccc(-c2nc(C[P+](c3ccccc3)(c3ccccc3)c3ccccc3)cs2)cc1.[Cl-]. The molecule has 0 amide bonds. The van der Waals surface area contributed by atoms with E-state index in [4.69, 9.17) is 4.98 Å². The number of rotatable bonds is 6. The first kappa shape index (κ1) is 23.3. The second-order valence-electron chi connectivity index (χ2n) is 7.63. The van der Waals surface area contributed by atoms with Crippen LogP contribution in [0.15, 0.2) is 121 Å². The number of hydrogen-bond acceptors (Lipinski definition) is 2. The molecule has 0 aliphatic rings. The predicted octanol–water partition coefficient (Wildman–Crippen LogP) is 3.45. The molecule has 0 bridgehead atoms. The van der Waals surface area contributed by atoms with Crippen LogP contribution >= 0.6 is 18.6 Å². The van der Waals surface area contributed by atoms with E-state index in [1.54, 1.807) is 23.5 Å². The number of thiazole rings is 1. The first-order valence-corrected chi connectivity index (χ1v) is 13.4. The lowest BCUT2D eigenvalue weighted by Crippen LogP contribution is -3.00. The van der Waals surface area contributed by atoms with E-state index in [2.05, 4.69) is 96.4 Å². The highest BCUT2D eigenvalue weighted by atomic mass is 35.5. The fourth-order valence-electron chi connectivity index (χ4n) is 4.12. The zero-order valence-electron chi connectivity index (χ0n) is 17.8. The van der Waals surface area contributed by atoms with Crippen molar-refractivity contribution in [3.8, 4) is 10.6 Å². The van der Waals surface area contributed by atoms with Crippen LogP contribution in [-0.4, -0.2) is 4.98 Å². The van der Waals surface area contributed by atoms with Crippen LogP contribution in [0.4, 0.5) is 4.39 Å². The average Bonchev–Trinajstić information content (AvgIpc) is 3.33. The molecule has 1 heterocycles. The Morgan fingerprint density at radius 1 is 0.636 bits per heavy atom. The molecular weight excluding hydrogens is 468 g/mol. The zero-order valence-corrected chi connectivity index (χ0v) is 20.3. The lowest BCUT2D eigenvalue weighted by Gasteiger charge is -2.27. The van der Waals surface area contributed by atoms with Crippen molar-refractivity contribution in [2.45, 2.75) is 6.16 Å². The van der Waals surface area contributed by atoms with Crippen LogP contribution in [0.5, 0.6) is 0 Å². The largest absolute Gasteiger partial charge is 1.00 e. The van der Waals surface area contributed by atoms with Gasteiger partial charge in [-0.25, -0.2) is 9.37 Å². The summed E-state index contributed by atoms with van der Waals surface area (Å²) in [6.45, 7) is 0. The van der Waals surface area contributed by atoms with Gasteiger partial charge >= 0.3 is 0 Å². The van der Waals surface area contributed by atoms with E-state index in [1.807, 2.05) is 0 Å². The molecule has 5 heteroatoms. The van der Waals surface area contributed by atoms with Gasteiger partial charge in [0, 0.05) is 10.9 Å². The topological polar surface area (TPSA) is 12.9 Å². The van der Waals surface area contributed by atoms with E-state index < -0.39 is 7.26 Å². The van der Waals surface area contributed by atoms with E-state index in [0.29, 0.717) is 0 Å². The first-order valence-electron chi connectivity index (χ1n) is 10.5. The van der Waals surface area contributed by atoms with Gasteiger partial charge in [0.2, 0.25) is 0 Å². The summed E-state index contributed by atoms with van der Waals surface area (Å²) in [6.07, 6.45) is 0.836. The highest BCUT2D eigenvalue weighted by molar-refractivity contribution is 7.95. The van der Waals surface area contributed by atoms with Gasteiger partial charge in [0.15, 0.2) is 0 Å². The van der Waals surface area contributed by atoms with Gasteiger partial charge in [0.1, 0.15) is 40.2 Å². The summed E-state index contributed by atoms with van der Waals surface area (Å²) in [7, 11) is -1.98. The summed E-state index contributed by atoms with van der Waals surface area (Å²) in [5.74, 6) is -0.229. The maximum Gasteiger partial charge on any atom is 0.123 e. The summed E-state index contributed by atoms with van der Waals surface area (Å²) < 4.78 is 13.4. The van der Waals surface area contributed by atoms with Gasteiger partial charge in [-0.1, -0.05) is 54.6 Å². The molecule has 0 N–H and O–H groups in total. The maximum absolute atomic E-state index is 13.4. The van der Waals surface area contributed by atoms with Gasteiger partial charge in [-0.05, 0) is 60.7 Å². The number of hydrogen-bond donors (Lipinski definition) is 0. The van der Waals surface area contributed by atoms with Crippen molar-refractivity contribution in [3.05, 3.63) is 132 Å². The second-order valence-corrected chi connectivity index (χ2v) is 12.0. The zero-order chi connectivity index (χ0) is 21.8. The van der Waals surface area contributed by atoms with Crippen LogP contribution in [0.2, 0.25) is 0 Å². The van der Waals surface area contributed by atoms with Crippen LogP contribution in [0, 0.1) is 5.82 Å². The minimum atomic E-state index is -1.98. The smallest absolute Gasteiger partial charge is 0.123 e. The van der Waals surface area contributed by atoms with Crippen LogP contribution in [0.1, 0.15) is 5.69 Å². The molecule has 1 nitrogen and oxygen atoms in total. The molecule has 164 valence electrons. The van der Waals surface area contributed by atoms with Crippen molar-refractivity contribution in [1.82, 2.24) is 4.98 Å². The Kier molecular flexibility index (Phi) is 7.35. The third kappa shape index (κ3) is 4.77. The third-order valence-corrected chi connectivity index (χ3v) is 10.9. The molecule has 0 aliphatic carbocycles. The summed E-state index contributed by atoms with van der Waals surface area (Å²) >= 11 is 1.62. The van der Waals surface area contributed by atoms with E-state index >= 15 is 0 Å². The number of nitrogens with zero attached hydrogens (tertiary/aromatic N) is 1. The van der Waals surface area contributed by atoms with Crippen molar-refractivity contribution in [2.24, 2.45) is 0 Å². The Morgan fingerprint density at radius 3 is 1.55 bits per heavy atom. The lowest BCUT2D eigenvalue weighted by atomic mass is 10.2. The average molecular weight is 490 g/mol. The molecule has 5 rings (SSSR count). The molecule has 0 atom stereocenters. The standard InChI is InChI=1S/C28H22FNPS.ClH/c29-23-18-16-22(17-19-23)28-30-24(21-32-28)20-31(25-10-4-1-5-11-25,26-12-6-2-7-13-26)27-14-8-3-9-15-27;/h1-19,21H,20H2;1H/q+1;/p-1. The van der Waals surface area contributed by atoms with Gasteiger partial charge in [0.05, 0.1) is 5.69 Å². The molecule has 0 saturated carbocycles. The van der Waals surface area contributed by atoms with Gasteiger partial charge in [-0.2, -0.15) is 0 Å². The van der Waals surface area contributed by atoms with Crippen LogP contribution in [0.25, 0.3) is 10.6 Å². The highest BCUT2D eigenvalue weighted by Gasteiger charge is 2.46. The van der Waals surface area contributed by atoms with Crippen LogP contribution in [0.3, 0.4) is 0 Å². The molecule has 0 fully saturated rings. The Bertz CT molecular complexity index is 1200. The minimum Gasteiger partial charge on any atom is -1.00 e. The summed E-state index contributed by atoms with van der Waals surface area (Å²) in [5, 5.41) is 7.10. The van der Waals surface area contributed by atoms with E-state index in [1.165, 1.54) is 28.0 Å². The Hall–Kier alpha value is -2.84. The molecule has 1 aromatic heterocycles. The van der Waals surface area contributed by atoms with Gasteiger partial charge in [-0.3, -0.25) is 0 Å². The normalized spacial score (nSPS) is 11.1. The third-order valence-electron chi connectivity index (χ3n) is 5.63. The maximum atomic E-state index is 13.4. The molecule has 33 heavy (non-hydrogen) atoms. The van der Waals surface area contributed by atoms with Crippen LogP contribution < -0.4 is 28.3 Å². The second kappa shape index (κ2) is 10.4. The number of aromatic nitrogens is 1.